The van der Waals surface area contributed by atoms with Gasteiger partial charge >= 0.3 is 5.97 Å². The molecule has 0 spiro atoms. The molecule has 0 rings (SSSR count). The van der Waals surface area contributed by atoms with Crippen LogP contribution in [0.15, 0.2) is 17.1 Å². The minimum Gasteiger partial charge on any atom is -0.469 e. The van der Waals surface area contributed by atoms with E-state index in [0.717, 1.165) is 31.4 Å². The van der Waals surface area contributed by atoms with Crippen molar-refractivity contribution in [1.82, 2.24) is 5.32 Å². The van der Waals surface area contributed by atoms with Crippen molar-refractivity contribution in [1.29, 1.82) is 0 Å². The second-order valence-corrected chi connectivity index (χ2v) is 3.97. The van der Waals surface area contributed by atoms with E-state index in [0.29, 0.717) is 18.9 Å². The first-order valence-corrected chi connectivity index (χ1v) is 5.81. The number of halogens is 1. The normalized spacial score (nSPS) is 10.4. The lowest BCUT2D eigenvalue weighted by molar-refractivity contribution is -0.140. The quantitative estimate of drug-likeness (QED) is 0.171. The van der Waals surface area contributed by atoms with Gasteiger partial charge in [0, 0.05) is 13.0 Å². The number of rotatable bonds is 8. The third kappa shape index (κ3) is 13.3. The van der Waals surface area contributed by atoms with Gasteiger partial charge in [-0.3, -0.25) is 4.79 Å². The van der Waals surface area contributed by atoms with Crippen molar-refractivity contribution in [2.75, 3.05) is 20.2 Å². The number of guanidine groups is 1. The van der Waals surface area contributed by atoms with Gasteiger partial charge < -0.3 is 15.8 Å². The maximum atomic E-state index is 10.8. The van der Waals surface area contributed by atoms with Crippen molar-refractivity contribution in [3.63, 3.8) is 0 Å². The summed E-state index contributed by atoms with van der Waals surface area (Å²) in [7, 11) is 1.41. The first kappa shape index (κ1) is 19.5. The molecule has 0 saturated heterocycles. The number of carbonyl (C=O) groups is 1. The summed E-state index contributed by atoms with van der Waals surface area (Å²) in [6.07, 6.45) is 3.25. The van der Waals surface area contributed by atoms with Crippen molar-refractivity contribution in [3.05, 3.63) is 12.2 Å². The van der Waals surface area contributed by atoms with Crippen molar-refractivity contribution in [3.8, 4) is 0 Å². The highest BCUT2D eigenvalue weighted by Crippen LogP contribution is 1.99. The summed E-state index contributed by atoms with van der Waals surface area (Å²) in [5.74, 6) is 0.293. The Bertz CT molecular complexity index is 280. The molecule has 18 heavy (non-hydrogen) atoms. The topological polar surface area (TPSA) is 76.7 Å². The van der Waals surface area contributed by atoms with Crippen molar-refractivity contribution < 1.29 is 9.53 Å². The maximum Gasteiger partial charge on any atom is 0.305 e. The van der Waals surface area contributed by atoms with Crippen LogP contribution < -0.4 is 11.1 Å². The predicted octanol–water partition coefficient (Wildman–Crippen LogP) is 1.82. The standard InChI is InChI=1S/C12H23N3O2.HI/c1-10(2)9-15-12(13)14-8-6-4-5-7-11(16)17-3;/h1,4-9H2,2-3H3,(H3,13,14,15);1H. The summed E-state index contributed by atoms with van der Waals surface area (Å²) < 4.78 is 4.55. The highest BCUT2D eigenvalue weighted by atomic mass is 127. The molecule has 5 nitrogen and oxygen atoms in total. The highest BCUT2D eigenvalue weighted by molar-refractivity contribution is 14.0. The van der Waals surface area contributed by atoms with Crippen LogP contribution in [0.25, 0.3) is 0 Å². The van der Waals surface area contributed by atoms with Gasteiger partial charge in [-0.1, -0.05) is 18.6 Å². The van der Waals surface area contributed by atoms with Crippen molar-refractivity contribution >= 4 is 35.9 Å². The summed E-state index contributed by atoms with van der Waals surface area (Å²) >= 11 is 0. The molecule has 0 heterocycles. The average Bonchev–Trinajstić information content (AvgIpc) is 2.30. The average molecular weight is 369 g/mol. The summed E-state index contributed by atoms with van der Waals surface area (Å²) in [5.41, 5.74) is 6.61. The summed E-state index contributed by atoms with van der Waals surface area (Å²) in [4.78, 5) is 14.9. The zero-order valence-electron chi connectivity index (χ0n) is 11.2. The second-order valence-electron chi connectivity index (χ2n) is 3.97. The highest BCUT2D eigenvalue weighted by Gasteiger charge is 1.99. The lowest BCUT2D eigenvalue weighted by atomic mass is 10.2. The number of unbranched alkanes of at least 4 members (excludes halogenated alkanes) is 2. The fourth-order valence-corrected chi connectivity index (χ4v) is 1.17. The third-order valence-electron chi connectivity index (χ3n) is 2.11. The van der Waals surface area contributed by atoms with E-state index < -0.39 is 0 Å². The smallest absolute Gasteiger partial charge is 0.305 e. The number of hydrogen-bond acceptors (Lipinski definition) is 3. The Morgan fingerprint density at radius 1 is 1.39 bits per heavy atom. The molecule has 6 heteroatoms. The van der Waals surface area contributed by atoms with E-state index >= 15 is 0 Å². The fourth-order valence-electron chi connectivity index (χ4n) is 1.17. The molecule has 0 fully saturated rings. The van der Waals surface area contributed by atoms with Crippen LogP contribution in [0.4, 0.5) is 0 Å². The summed E-state index contributed by atoms with van der Waals surface area (Å²) in [5, 5.41) is 3.01. The van der Waals surface area contributed by atoms with Gasteiger partial charge in [-0.25, -0.2) is 4.99 Å². The molecular formula is C12H24IN3O2. The van der Waals surface area contributed by atoms with Crippen LogP contribution in [0.5, 0.6) is 0 Å². The van der Waals surface area contributed by atoms with Crippen LogP contribution in [0, 0.1) is 0 Å². The van der Waals surface area contributed by atoms with E-state index in [4.69, 9.17) is 5.73 Å². The van der Waals surface area contributed by atoms with E-state index in [1.807, 2.05) is 6.92 Å². The monoisotopic (exact) mass is 369 g/mol. The van der Waals surface area contributed by atoms with E-state index in [2.05, 4.69) is 21.6 Å². The van der Waals surface area contributed by atoms with Crippen molar-refractivity contribution in [2.24, 2.45) is 10.7 Å². The number of aliphatic imine (C=N–C) groups is 1. The lowest BCUT2D eigenvalue weighted by Crippen LogP contribution is -2.32. The Labute approximate surface area is 126 Å². The van der Waals surface area contributed by atoms with Crippen LogP contribution in [0.2, 0.25) is 0 Å². The molecule has 106 valence electrons. The molecule has 0 aliphatic heterocycles. The fraction of sp³-hybridized carbons (Fsp3) is 0.667. The minimum absolute atomic E-state index is 0. The molecule has 0 unspecified atom stereocenters. The number of carbonyl (C=O) groups excluding carboxylic acids is 1. The Morgan fingerprint density at radius 3 is 2.61 bits per heavy atom. The second kappa shape index (κ2) is 12.7. The zero-order valence-corrected chi connectivity index (χ0v) is 13.5. The number of ether oxygens (including phenoxy) is 1. The van der Waals surface area contributed by atoms with E-state index in [-0.39, 0.29) is 29.9 Å². The molecule has 0 saturated carbocycles. The molecule has 0 aliphatic rings. The number of methoxy groups -OCH3 is 1. The van der Waals surface area contributed by atoms with Crippen LogP contribution in [0.3, 0.4) is 0 Å². The van der Waals surface area contributed by atoms with Gasteiger partial charge in [0.15, 0.2) is 5.96 Å². The maximum absolute atomic E-state index is 10.8. The third-order valence-corrected chi connectivity index (χ3v) is 2.11. The summed E-state index contributed by atoms with van der Waals surface area (Å²) in [6, 6.07) is 0. The number of nitrogens with one attached hydrogen (secondary N) is 1. The number of esters is 1. The molecule has 0 aliphatic carbocycles. The lowest BCUT2D eigenvalue weighted by Gasteiger charge is -2.05. The molecule has 3 N–H and O–H groups in total. The first-order chi connectivity index (χ1) is 8.06. The van der Waals surface area contributed by atoms with E-state index in [9.17, 15) is 4.79 Å². The molecule has 0 aromatic carbocycles. The summed E-state index contributed by atoms with van der Waals surface area (Å²) in [6.45, 7) is 6.97. The Morgan fingerprint density at radius 2 is 2.06 bits per heavy atom. The van der Waals surface area contributed by atoms with Gasteiger partial charge in [-0.15, -0.1) is 24.0 Å². The number of hydrogen-bond donors (Lipinski definition) is 2. The van der Waals surface area contributed by atoms with E-state index in [1.165, 1.54) is 7.11 Å². The van der Waals surface area contributed by atoms with Crippen LogP contribution >= 0.6 is 24.0 Å². The molecule has 0 aromatic heterocycles. The first-order valence-electron chi connectivity index (χ1n) is 5.81. The van der Waals surface area contributed by atoms with Gasteiger partial charge in [0.05, 0.1) is 13.7 Å². The van der Waals surface area contributed by atoms with Gasteiger partial charge in [-0.05, 0) is 19.8 Å². The van der Waals surface area contributed by atoms with Crippen LogP contribution in [-0.4, -0.2) is 32.1 Å². The predicted molar refractivity (Wildman–Crippen MR) is 85.2 cm³/mol. The van der Waals surface area contributed by atoms with Crippen LogP contribution in [-0.2, 0) is 9.53 Å². The van der Waals surface area contributed by atoms with Crippen molar-refractivity contribution in [2.45, 2.75) is 32.6 Å². The van der Waals surface area contributed by atoms with Gasteiger partial charge in [0.2, 0.25) is 0 Å². The van der Waals surface area contributed by atoms with Gasteiger partial charge in [-0.2, -0.15) is 0 Å². The molecule has 0 amide bonds. The van der Waals surface area contributed by atoms with E-state index in [1.54, 1.807) is 0 Å². The zero-order chi connectivity index (χ0) is 13.1. The Kier molecular flexibility index (Phi) is 13.7. The largest absolute Gasteiger partial charge is 0.469 e. The Balaban J connectivity index is 0. The molecular weight excluding hydrogens is 345 g/mol. The number of nitrogens with two attached hydrogens (primary N) is 1. The van der Waals surface area contributed by atoms with Gasteiger partial charge in [0.25, 0.3) is 0 Å². The number of nitrogens with zero attached hydrogens (tertiary/aromatic N) is 1. The molecule has 0 atom stereocenters. The minimum atomic E-state index is -0.152. The molecule has 0 aromatic rings. The SMILES string of the molecule is C=C(C)CN=C(N)NCCCCCC(=O)OC.I. The molecule has 0 radical (unpaired) electrons. The molecule has 0 bridgehead atoms. The van der Waals surface area contributed by atoms with Crippen LogP contribution in [0.1, 0.15) is 32.6 Å². The van der Waals surface area contributed by atoms with Gasteiger partial charge in [0.1, 0.15) is 0 Å². The Hall–Kier alpha value is -0.790.